The first-order valence-corrected chi connectivity index (χ1v) is 5.97. The molecule has 0 radical (unpaired) electrons. The molecule has 0 saturated heterocycles. The molecule has 8 heteroatoms. The molecule has 1 aliphatic rings. The molecule has 0 bridgehead atoms. The third kappa shape index (κ3) is 2.77. The number of hydrogen-bond donors (Lipinski definition) is 0. The van der Waals surface area contributed by atoms with Gasteiger partial charge in [-0.05, 0) is 19.1 Å². The summed E-state index contributed by atoms with van der Waals surface area (Å²) in [6.45, 7) is 2.14. The first-order chi connectivity index (χ1) is 9.52. The van der Waals surface area contributed by atoms with E-state index in [1.165, 1.54) is 24.5 Å². The molecule has 20 heavy (non-hydrogen) atoms. The average Bonchev–Trinajstić information content (AvgIpc) is 2.78. The predicted octanol–water partition coefficient (Wildman–Crippen LogP) is 2.43. The molecule has 0 saturated carbocycles. The van der Waals surface area contributed by atoms with Crippen molar-refractivity contribution in [1.82, 2.24) is 0 Å². The van der Waals surface area contributed by atoms with Crippen molar-refractivity contribution < 1.29 is 19.2 Å². The van der Waals surface area contributed by atoms with Crippen LogP contribution in [0.1, 0.15) is 12.5 Å². The number of aliphatic imine (C=N–C) groups is 1. The van der Waals surface area contributed by atoms with Crippen LogP contribution in [0.3, 0.4) is 0 Å². The summed E-state index contributed by atoms with van der Waals surface area (Å²) in [5.41, 5.74) is -0.000968. The highest BCUT2D eigenvalue weighted by molar-refractivity contribution is 6.32. The Bertz CT molecular complexity index is 639. The van der Waals surface area contributed by atoms with Crippen LogP contribution in [0, 0.1) is 10.1 Å². The molecule has 0 aromatic heterocycles. The van der Waals surface area contributed by atoms with Crippen molar-refractivity contribution >= 4 is 29.2 Å². The zero-order chi connectivity index (χ0) is 14.7. The number of esters is 1. The van der Waals surface area contributed by atoms with Crippen LogP contribution >= 0.6 is 11.6 Å². The number of cyclic esters (lactones) is 1. The van der Waals surface area contributed by atoms with Gasteiger partial charge in [-0.3, -0.25) is 10.1 Å². The maximum Gasteiger partial charge on any atom is 0.367 e. The maximum atomic E-state index is 11.5. The van der Waals surface area contributed by atoms with Gasteiger partial charge in [0.25, 0.3) is 5.69 Å². The molecule has 1 heterocycles. The first kappa shape index (κ1) is 14.0. The Labute approximate surface area is 118 Å². The quantitative estimate of drug-likeness (QED) is 0.280. The fraction of sp³-hybridized carbons (Fsp3) is 0.167. The van der Waals surface area contributed by atoms with Crippen molar-refractivity contribution in [3.05, 3.63) is 50.9 Å². The van der Waals surface area contributed by atoms with E-state index in [-0.39, 0.29) is 27.9 Å². The zero-order valence-electron chi connectivity index (χ0n) is 10.3. The molecule has 0 unspecified atom stereocenters. The topological polar surface area (TPSA) is 91.0 Å². The second-order valence-corrected chi connectivity index (χ2v) is 4.10. The summed E-state index contributed by atoms with van der Waals surface area (Å²) in [4.78, 5) is 25.6. The van der Waals surface area contributed by atoms with Gasteiger partial charge in [0.2, 0.25) is 5.90 Å². The molecule has 1 aromatic carbocycles. The summed E-state index contributed by atoms with van der Waals surface area (Å²) < 4.78 is 9.88. The smallest absolute Gasteiger partial charge is 0.367 e. The van der Waals surface area contributed by atoms with E-state index >= 15 is 0 Å². The van der Waals surface area contributed by atoms with Crippen molar-refractivity contribution in [3.63, 3.8) is 0 Å². The summed E-state index contributed by atoms with van der Waals surface area (Å²) in [5.74, 6) is -0.702. The second-order valence-electron chi connectivity index (χ2n) is 3.69. The monoisotopic (exact) mass is 296 g/mol. The largest absolute Gasteiger partial charge is 0.499 e. The molecule has 0 fully saturated rings. The van der Waals surface area contributed by atoms with Crippen LogP contribution in [-0.4, -0.2) is 23.4 Å². The summed E-state index contributed by atoms with van der Waals surface area (Å²) in [7, 11) is 0. The van der Waals surface area contributed by atoms with Gasteiger partial charge in [-0.15, -0.1) is 0 Å². The van der Waals surface area contributed by atoms with Gasteiger partial charge in [0, 0.05) is 11.6 Å². The van der Waals surface area contributed by atoms with Crippen LogP contribution in [0.5, 0.6) is 0 Å². The highest BCUT2D eigenvalue weighted by Crippen LogP contribution is 2.27. The number of nitrogens with zero attached hydrogens (tertiary/aromatic N) is 2. The summed E-state index contributed by atoms with van der Waals surface area (Å²) >= 11 is 5.70. The molecule has 104 valence electrons. The van der Waals surface area contributed by atoms with Crippen LogP contribution in [0.15, 0.2) is 35.2 Å². The Kier molecular flexibility index (Phi) is 3.99. The Morgan fingerprint density at radius 3 is 2.95 bits per heavy atom. The molecular formula is C12H9ClN2O5. The summed E-state index contributed by atoms with van der Waals surface area (Å²) in [6, 6.07) is 4.01. The third-order valence-corrected chi connectivity index (χ3v) is 2.69. The number of carbonyl (C=O) groups excluding carboxylic acids is 1. The lowest BCUT2D eigenvalue weighted by atomic mass is 10.2. The van der Waals surface area contributed by atoms with Crippen molar-refractivity contribution in [1.29, 1.82) is 0 Å². The van der Waals surface area contributed by atoms with Crippen molar-refractivity contribution in [3.8, 4) is 0 Å². The lowest BCUT2D eigenvalue weighted by molar-refractivity contribution is -0.384. The molecule has 0 atom stereocenters. The number of nitro groups is 1. The van der Waals surface area contributed by atoms with Crippen molar-refractivity contribution in [2.45, 2.75) is 6.92 Å². The zero-order valence-corrected chi connectivity index (χ0v) is 11.1. The van der Waals surface area contributed by atoms with Gasteiger partial charge >= 0.3 is 5.97 Å². The Hall–Kier alpha value is -2.41. The molecule has 1 aliphatic heterocycles. The van der Waals surface area contributed by atoms with Gasteiger partial charge in [-0.25, -0.2) is 9.79 Å². The molecule has 0 amide bonds. The Balaban J connectivity index is 2.36. The van der Waals surface area contributed by atoms with Gasteiger partial charge in [0.1, 0.15) is 11.3 Å². The lowest BCUT2D eigenvalue weighted by Crippen LogP contribution is -2.06. The number of carbonyl (C=O) groups is 1. The van der Waals surface area contributed by atoms with Gasteiger partial charge in [0.15, 0.2) is 5.70 Å². The summed E-state index contributed by atoms with van der Waals surface area (Å²) in [5, 5.41) is 10.8. The van der Waals surface area contributed by atoms with Crippen LogP contribution in [0.2, 0.25) is 5.02 Å². The molecular weight excluding hydrogens is 288 g/mol. The minimum absolute atomic E-state index is 0.000506. The standard InChI is InChI=1S/C12H9ClN2O5/c1-2-19-6-9-12(16)20-11(14-9)7-3-4-8(13)10(5-7)15(17)18/h3-6H,2H2,1H3. The fourth-order valence-corrected chi connectivity index (χ4v) is 1.65. The third-order valence-electron chi connectivity index (χ3n) is 2.37. The lowest BCUT2D eigenvalue weighted by Gasteiger charge is -2.00. The Morgan fingerprint density at radius 1 is 1.55 bits per heavy atom. The van der Waals surface area contributed by atoms with Crippen molar-refractivity contribution in [2.24, 2.45) is 4.99 Å². The second kappa shape index (κ2) is 5.70. The van der Waals surface area contributed by atoms with Crippen LogP contribution in [0.25, 0.3) is 0 Å². The van der Waals surface area contributed by atoms with Crippen LogP contribution in [-0.2, 0) is 14.3 Å². The molecule has 0 N–H and O–H groups in total. The first-order valence-electron chi connectivity index (χ1n) is 5.60. The fourth-order valence-electron chi connectivity index (χ4n) is 1.46. The van der Waals surface area contributed by atoms with Crippen LogP contribution in [0.4, 0.5) is 5.69 Å². The van der Waals surface area contributed by atoms with Crippen molar-refractivity contribution in [2.75, 3.05) is 6.61 Å². The SMILES string of the molecule is CCOC=C1N=C(c2ccc(Cl)c([N+](=O)[O-])c2)OC1=O. The Morgan fingerprint density at radius 2 is 2.30 bits per heavy atom. The van der Waals surface area contributed by atoms with E-state index in [4.69, 9.17) is 21.1 Å². The minimum Gasteiger partial charge on any atom is -0.499 e. The number of nitro benzene ring substituents is 1. The number of benzene rings is 1. The molecule has 0 spiro atoms. The van der Waals surface area contributed by atoms with E-state index in [0.29, 0.717) is 6.61 Å². The van der Waals surface area contributed by atoms with E-state index in [1.807, 2.05) is 0 Å². The molecule has 2 rings (SSSR count). The van der Waals surface area contributed by atoms with Gasteiger partial charge < -0.3 is 9.47 Å². The van der Waals surface area contributed by atoms with Gasteiger partial charge in [0.05, 0.1) is 11.5 Å². The molecule has 1 aromatic rings. The number of ether oxygens (including phenoxy) is 2. The van der Waals surface area contributed by atoms with Gasteiger partial charge in [-0.1, -0.05) is 11.6 Å². The number of hydrogen-bond acceptors (Lipinski definition) is 6. The number of rotatable bonds is 4. The minimum atomic E-state index is -0.675. The molecule has 7 nitrogen and oxygen atoms in total. The van der Waals surface area contributed by atoms with Crippen LogP contribution < -0.4 is 0 Å². The van der Waals surface area contributed by atoms with E-state index < -0.39 is 10.9 Å². The molecule has 0 aliphatic carbocycles. The normalized spacial score (nSPS) is 16.0. The van der Waals surface area contributed by atoms with E-state index in [2.05, 4.69) is 4.99 Å². The van der Waals surface area contributed by atoms with Gasteiger partial charge in [-0.2, -0.15) is 0 Å². The maximum absolute atomic E-state index is 11.5. The number of halogens is 1. The van der Waals surface area contributed by atoms with E-state index in [0.717, 1.165) is 0 Å². The highest BCUT2D eigenvalue weighted by atomic mass is 35.5. The summed E-state index contributed by atoms with van der Waals surface area (Å²) in [6.07, 6.45) is 1.18. The predicted molar refractivity (Wildman–Crippen MR) is 70.4 cm³/mol. The van der Waals surface area contributed by atoms with E-state index in [9.17, 15) is 14.9 Å². The highest BCUT2D eigenvalue weighted by Gasteiger charge is 2.26. The average molecular weight is 297 g/mol. The van der Waals surface area contributed by atoms with E-state index in [1.54, 1.807) is 6.92 Å².